The van der Waals surface area contributed by atoms with Gasteiger partial charge in [0.15, 0.2) is 10.0 Å². The number of carbonyl (C=O) groups is 1. The molecule has 0 aliphatic rings. The zero-order valence-corrected chi connectivity index (χ0v) is 13.3. The first-order valence-electron chi connectivity index (χ1n) is 6.01. The Kier molecular flexibility index (Phi) is 4.55. The molecule has 0 saturated heterocycles. The van der Waals surface area contributed by atoms with Crippen molar-refractivity contribution in [2.45, 2.75) is 18.1 Å². The van der Waals surface area contributed by atoms with Crippen LogP contribution in [0.5, 0.6) is 0 Å². The largest absolute Gasteiger partial charge is 0.478 e. The highest BCUT2D eigenvalue weighted by Gasteiger charge is 2.36. The number of carboxylic acids is 1. The molecule has 0 fully saturated rings. The van der Waals surface area contributed by atoms with E-state index in [-0.39, 0.29) is 16.9 Å². The summed E-state index contributed by atoms with van der Waals surface area (Å²) in [7, 11) is -4.70. The molecule has 2 aromatic rings. The number of rotatable bonds is 4. The highest BCUT2D eigenvalue weighted by atomic mass is 32.2. The molecule has 2 N–H and O–H groups in total. The molecule has 0 aliphatic heterocycles. The summed E-state index contributed by atoms with van der Waals surface area (Å²) in [6.45, 7) is 1.39. The molecule has 0 atom stereocenters. The summed E-state index contributed by atoms with van der Waals surface area (Å²) >= 11 is 0.0457. The minimum absolute atomic E-state index is 0.0457. The van der Waals surface area contributed by atoms with E-state index in [1.54, 1.807) is 4.72 Å². The van der Waals surface area contributed by atoms with E-state index in [9.17, 15) is 30.8 Å². The van der Waals surface area contributed by atoms with Crippen LogP contribution in [-0.4, -0.2) is 24.5 Å². The van der Waals surface area contributed by atoms with Gasteiger partial charge in [-0.3, -0.25) is 4.72 Å². The molecule has 6 nitrogen and oxygen atoms in total. The molecule has 1 aromatic heterocycles. The lowest BCUT2D eigenvalue weighted by Gasteiger charge is -2.11. The van der Waals surface area contributed by atoms with Gasteiger partial charge in [-0.2, -0.15) is 21.6 Å². The van der Waals surface area contributed by atoms with E-state index < -0.39 is 49.3 Å². The Hall–Kier alpha value is -2.21. The Balaban J connectivity index is 2.47. The smallest absolute Gasteiger partial charge is 0.443 e. The second-order valence-corrected chi connectivity index (χ2v) is 7.06. The van der Waals surface area contributed by atoms with Crippen molar-refractivity contribution in [2.24, 2.45) is 0 Å². The number of aromatic nitrogens is 1. The number of carboxylic acid groups (broad SMARTS) is 1. The summed E-state index contributed by atoms with van der Waals surface area (Å²) in [6, 6.07) is 1.90. The second-order valence-electron chi connectivity index (χ2n) is 4.57. The molecule has 130 valence electrons. The van der Waals surface area contributed by atoms with E-state index in [1.165, 1.54) is 6.92 Å². The van der Waals surface area contributed by atoms with Crippen LogP contribution in [-0.2, 0) is 16.2 Å². The second kappa shape index (κ2) is 6.02. The van der Waals surface area contributed by atoms with E-state index in [1.807, 2.05) is 0 Å². The van der Waals surface area contributed by atoms with Crippen LogP contribution >= 0.6 is 11.3 Å². The Morgan fingerprint density at radius 1 is 1.33 bits per heavy atom. The van der Waals surface area contributed by atoms with Gasteiger partial charge in [-0.1, -0.05) is 0 Å². The standard InChI is InChI=1S/C12H8F4N2O4S2/c1-5-2-6(10(19)20)9(7(13)3-5)18-24(21,22)8-4-23-11(17-8)12(14,15)16/h2-4,18H,1H3,(H,19,20). The Morgan fingerprint density at radius 2 is 1.96 bits per heavy atom. The predicted molar refractivity (Wildman–Crippen MR) is 76.0 cm³/mol. The Morgan fingerprint density at radius 3 is 2.46 bits per heavy atom. The highest BCUT2D eigenvalue weighted by molar-refractivity contribution is 7.92. The fourth-order valence-corrected chi connectivity index (χ4v) is 3.76. The molecular weight excluding hydrogens is 376 g/mol. The van der Waals surface area contributed by atoms with E-state index in [0.29, 0.717) is 5.38 Å². The summed E-state index contributed by atoms with van der Waals surface area (Å²) in [5.74, 6) is -2.79. The number of hydrogen-bond donors (Lipinski definition) is 2. The van der Waals surface area contributed by atoms with Gasteiger partial charge in [0.25, 0.3) is 10.0 Å². The van der Waals surface area contributed by atoms with Gasteiger partial charge in [-0.05, 0) is 24.6 Å². The summed E-state index contributed by atoms with van der Waals surface area (Å²) < 4.78 is 77.2. The van der Waals surface area contributed by atoms with Gasteiger partial charge < -0.3 is 5.11 Å². The zero-order valence-electron chi connectivity index (χ0n) is 11.7. The van der Waals surface area contributed by atoms with Crippen LogP contribution in [0.3, 0.4) is 0 Å². The highest BCUT2D eigenvalue weighted by Crippen LogP contribution is 2.33. The van der Waals surface area contributed by atoms with Crippen LogP contribution in [0.15, 0.2) is 22.5 Å². The summed E-state index contributed by atoms with van der Waals surface area (Å²) in [5.41, 5.74) is -1.34. The number of anilines is 1. The topological polar surface area (TPSA) is 96.4 Å². The molecule has 24 heavy (non-hydrogen) atoms. The van der Waals surface area contributed by atoms with Gasteiger partial charge in [0, 0.05) is 5.38 Å². The van der Waals surface area contributed by atoms with E-state index in [0.717, 1.165) is 12.1 Å². The maximum absolute atomic E-state index is 13.9. The molecule has 0 amide bonds. The lowest BCUT2D eigenvalue weighted by atomic mass is 10.1. The molecule has 0 radical (unpaired) electrons. The van der Waals surface area contributed by atoms with Gasteiger partial charge in [-0.25, -0.2) is 14.2 Å². The third-order valence-corrected chi connectivity index (χ3v) is 4.97. The van der Waals surface area contributed by atoms with E-state index in [4.69, 9.17) is 5.11 Å². The fourth-order valence-electron chi connectivity index (χ4n) is 1.71. The van der Waals surface area contributed by atoms with Gasteiger partial charge in [0.05, 0.1) is 11.3 Å². The SMILES string of the molecule is Cc1cc(F)c(NS(=O)(=O)c2csc(C(F)(F)F)n2)c(C(=O)O)c1. The summed E-state index contributed by atoms with van der Waals surface area (Å²) in [4.78, 5) is 14.1. The first kappa shape index (κ1) is 18.1. The van der Waals surface area contributed by atoms with Crippen LogP contribution in [0.1, 0.15) is 20.9 Å². The summed E-state index contributed by atoms with van der Waals surface area (Å²) in [5, 5.41) is 7.26. The quantitative estimate of drug-likeness (QED) is 0.790. The third kappa shape index (κ3) is 3.64. The van der Waals surface area contributed by atoms with Crippen molar-refractivity contribution < 1.29 is 35.9 Å². The van der Waals surface area contributed by atoms with Gasteiger partial charge in [0.2, 0.25) is 0 Å². The number of benzene rings is 1. The predicted octanol–water partition coefficient (Wildman–Crippen LogP) is 3.11. The molecule has 0 saturated carbocycles. The molecule has 2 rings (SSSR count). The average molecular weight is 384 g/mol. The number of nitrogens with one attached hydrogen (secondary N) is 1. The van der Waals surface area contributed by atoms with Gasteiger partial charge in [-0.15, -0.1) is 11.3 Å². The normalized spacial score (nSPS) is 12.2. The zero-order chi connectivity index (χ0) is 18.3. The van der Waals surface area contributed by atoms with Crippen molar-refractivity contribution in [3.63, 3.8) is 0 Å². The van der Waals surface area contributed by atoms with Crippen molar-refractivity contribution in [1.29, 1.82) is 0 Å². The number of hydrogen-bond acceptors (Lipinski definition) is 5. The minimum atomic E-state index is -4.83. The molecule has 0 unspecified atom stereocenters. The molecule has 12 heteroatoms. The van der Waals surface area contributed by atoms with Crippen molar-refractivity contribution in [3.05, 3.63) is 39.5 Å². The number of thiazole rings is 1. The Bertz CT molecular complexity index is 906. The molecule has 0 spiro atoms. The van der Waals surface area contributed by atoms with Crippen molar-refractivity contribution in [1.82, 2.24) is 4.98 Å². The number of halogens is 4. The van der Waals surface area contributed by atoms with Gasteiger partial charge in [0.1, 0.15) is 5.82 Å². The van der Waals surface area contributed by atoms with Crippen molar-refractivity contribution in [2.75, 3.05) is 4.72 Å². The number of alkyl halides is 3. The van der Waals surface area contributed by atoms with Crippen molar-refractivity contribution >= 4 is 33.0 Å². The number of aromatic carboxylic acids is 1. The maximum Gasteiger partial charge on any atom is 0.443 e. The van der Waals surface area contributed by atoms with Crippen LogP contribution < -0.4 is 4.72 Å². The Labute approximate surface area is 136 Å². The van der Waals surface area contributed by atoms with Crippen LogP contribution in [0.2, 0.25) is 0 Å². The molecule has 0 aliphatic carbocycles. The fraction of sp³-hybridized carbons (Fsp3) is 0.167. The molecule has 1 heterocycles. The van der Waals surface area contributed by atoms with Crippen molar-refractivity contribution in [3.8, 4) is 0 Å². The van der Waals surface area contributed by atoms with E-state index in [2.05, 4.69) is 4.98 Å². The van der Waals surface area contributed by atoms with Crippen LogP contribution in [0, 0.1) is 12.7 Å². The lowest BCUT2D eigenvalue weighted by Crippen LogP contribution is -2.18. The number of sulfonamides is 1. The molecule has 0 bridgehead atoms. The first-order chi connectivity index (χ1) is 10.9. The van der Waals surface area contributed by atoms with Crippen LogP contribution in [0.4, 0.5) is 23.2 Å². The number of aryl methyl sites for hydroxylation is 1. The average Bonchev–Trinajstić information content (AvgIpc) is 2.91. The molecular formula is C12H8F4N2O4S2. The maximum atomic E-state index is 13.9. The minimum Gasteiger partial charge on any atom is -0.478 e. The third-order valence-electron chi connectivity index (χ3n) is 2.70. The van der Waals surface area contributed by atoms with E-state index >= 15 is 0 Å². The monoisotopic (exact) mass is 384 g/mol. The first-order valence-corrected chi connectivity index (χ1v) is 8.37. The van der Waals surface area contributed by atoms with Crippen LogP contribution in [0.25, 0.3) is 0 Å². The number of nitrogens with zero attached hydrogens (tertiary/aromatic N) is 1. The summed E-state index contributed by atoms with van der Waals surface area (Å²) in [6.07, 6.45) is -4.83. The lowest BCUT2D eigenvalue weighted by molar-refractivity contribution is -0.137. The van der Waals surface area contributed by atoms with Gasteiger partial charge >= 0.3 is 12.1 Å². The molecule has 1 aromatic carbocycles.